The van der Waals surface area contributed by atoms with Crippen LogP contribution in [0.1, 0.15) is 95.1 Å². The molecule has 0 saturated heterocycles. The first-order valence-electron chi connectivity index (χ1n) is 14.5. The van der Waals surface area contributed by atoms with Crippen molar-refractivity contribution in [1.82, 2.24) is 0 Å². The Bertz CT molecular complexity index is 1200. The van der Waals surface area contributed by atoms with E-state index in [-0.39, 0.29) is 17.3 Å². The lowest BCUT2D eigenvalue weighted by Gasteiger charge is -2.27. The van der Waals surface area contributed by atoms with Gasteiger partial charge in [-0.15, -0.1) is 0 Å². The van der Waals surface area contributed by atoms with Crippen molar-refractivity contribution in [1.29, 1.82) is 0 Å². The van der Waals surface area contributed by atoms with Crippen LogP contribution in [0.25, 0.3) is 22.3 Å². The van der Waals surface area contributed by atoms with Crippen molar-refractivity contribution in [2.24, 2.45) is 5.92 Å². The molecule has 38 heavy (non-hydrogen) atoms. The predicted octanol–water partition coefficient (Wildman–Crippen LogP) is 11.2. The maximum atomic E-state index is 15.1. The van der Waals surface area contributed by atoms with Crippen LogP contribution in [-0.2, 0) is 6.42 Å². The second kappa shape index (κ2) is 13.8. The normalized spacial score (nSPS) is 17.8. The van der Waals surface area contributed by atoms with E-state index < -0.39 is 11.6 Å². The molecule has 3 aromatic rings. The third-order valence-corrected chi connectivity index (χ3v) is 8.17. The lowest BCUT2D eigenvalue weighted by atomic mass is 9.78. The molecule has 0 radical (unpaired) electrons. The maximum Gasteiger partial charge on any atom is 0.166 e. The molecule has 0 amide bonds. The van der Waals surface area contributed by atoms with Gasteiger partial charge in [0.05, 0.1) is 0 Å². The Labute approximate surface area is 227 Å². The average Bonchev–Trinajstić information content (AvgIpc) is 2.94. The molecule has 1 aliphatic carbocycles. The van der Waals surface area contributed by atoms with E-state index in [1.807, 2.05) is 24.3 Å². The molecule has 0 heterocycles. The molecular formula is C35H41F3. The van der Waals surface area contributed by atoms with Gasteiger partial charge in [0.2, 0.25) is 0 Å². The van der Waals surface area contributed by atoms with Gasteiger partial charge in [-0.05, 0) is 91.2 Å². The summed E-state index contributed by atoms with van der Waals surface area (Å²) in [6.07, 6.45) is 15.9. The molecule has 3 heteroatoms. The zero-order valence-electron chi connectivity index (χ0n) is 22.9. The highest BCUT2D eigenvalue weighted by atomic mass is 19.2. The third kappa shape index (κ3) is 6.98. The number of benzene rings is 3. The smallest absolute Gasteiger partial charge is 0.166 e. The monoisotopic (exact) mass is 518 g/mol. The maximum absolute atomic E-state index is 15.1. The summed E-state index contributed by atoms with van der Waals surface area (Å²) in [5.74, 6) is -0.796. The van der Waals surface area contributed by atoms with Gasteiger partial charge in [-0.2, -0.15) is 0 Å². The fraction of sp³-hybridized carbons (Fsp3) is 0.429. The van der Waals surface area contributed by atoms with Crippen molar-refractivity contribution in [2.45, 2.75) is 90.4 Å². The highest BCUT2D eigenvalue weighted by molar-refractivity contribution is 5.71. The lowest BCUT2D eigenvalue weighted by Crippen LogP contribution is -2.12. The van der Waals surface area contributed by atoms with Crippen LogP contribution in [-0.4, -0.2) is 0 Å². The van der Waals surface area contributed by atoms with Crippen molar-refractivity contribution < 1.29 is 13.2 Å². The molecule has 0 spiro atoms. The molecule has 0 atom stereocenters. The average molecular weight is 519 g/mol. The Morgan fingerprint density at radius 3 is 2.05 bits per heavy atom. The molecule has 0 bridgehead atoms. The van der Waals surface area contributed by atoms with E-state index in [1.165, 1.54) is 19.3 Å². The van der Waals surface area contributed by atoms with Crippen LogP contribution in [0.2, 0.25) is 0 Å². The molecular weight excluding hydrogens is 477 g/mol. The standard InChI is InChI=1S/C35H41F3/c1-3-5-6-7-8-9-11-29-20-23-32(35(38)34(29)37)28-18-16-26(17-19-28)30-21-22-31(33(36)24-30)27-14-12-25(10-4-2)13-15-27/h4,10,16-25,27H,3,5-9,11-15H2,1-2H3. The van der Waals surface area contributed by atoms with Gasteiger partial charge in [0.25, 0.3) is 0 Å². The van der Waals surface area contributed by atoms with Crippen molar-refractivity contribution in [3.05, 3.63) is 95.3 Å². The quantitative estimate of drug-likeness (QED) is 0.175. The van der Waals surface area contributed by atoms with Crippen LogP contribution in [0.3, 0.4) is 0 Å². The van der Waals surface area contributed by atoms with Crippen LogP contribution in [0.4, 0.5) is 13.2 Å². The summed E-state index contributed by atoms with van der Waals surface area (Å²) < 4.78 is 44.9. The van der Waals surface area contributed by atoms with Crippen LogP contribution in [0, 0.1) is 23.4 Å². The van der Waals surface area contributed by atoms with E-state index >= 15 is 4.39 Å². The van der Waals surface area contributed by atoms with Gasteiger partial charge in [-0.1, -0.05) is 99.7 Å². The van der Waals surface area contributed by atoms with E-state index in [9.17, 15) is 8.78 Å². The Balaban J connectivity index is 1.41. The summed E-state index contributed by atoms with van der Waals surface area (Å²) in [7, 11) is 0. The van der Waals surface area contributed by atoms with Gasteiger partial charge in [0.15, 0.2) is 11.6 Å². The molecule has 3 aromatic carbocycles. The van der Waals surface area contributed by atoms with Gasteiger partial charge >= 0.3 is 0 Å². The first-order chi connectivity index (χ1) is 18.5. The summed E-state index contributed by atoms with van der Waals surface area (Å²) in [5.41, 5.74) is 3.78. The minimum absolute atomic E-state index is 0.157. The second-order valence-corrected chi connectivity index (χ2v) is 10.9. The van der Waals surface area contributed by atoms with Gasteiger partial charge in [-0.3, -0.25) is 0 Å². The van der Waals surface area contributed by atoms with Crippen molar-refractivity contribution in [3.8, 4) is 22.3 Å². The number of allylic oxidation sites excluding steroid dienone is 2. The predicted molar refractivity (Wildman–Crippen MR) is 154 cm³/mol. The van der Waals surface area contributed by atoms with E-state index in [2.05, 4.69) is 26.0 Å². The van der Waals surface area contributed by atoms with Crippen molar-refractivity contribution in [2.75, 3.05) is 0 Å². The van der Waals surface area contributed by atoms with E-state index in [1.54, 1.807) is 30.3 Å². The number of rotatable bonds is 11. The van der Waals surface area contributed by atoms with E-state index in [0.29, 0.717) is 23.5 Å². The molecule has 0 nitrogen and oxygen atoms in total. The molecule has 1 aliphatic rings. The first kappa shape index (κ1) is 28.2. The number of halogens is 3. The van der Waals surface area contributed by atoms with Crippen molar-refractivity contribution in [3.63, 3.8) is 0 Å². The largest absolute Gasteiger partial charge is 0.207 e. The van der Waals surface area contributed by atoms with E-state index in [0.717, 1.165) is 61.6 Å². The minimum Gasteiger partial charge on any atom is -0.207 e. The van der Waals surface area contributed by atoms with Crippen LogP contribution in [0.5, 0.6) is 0 Å². The van der Waals surface area contributed by atoms with Crippen LogP contribution >= 0.6 is 0 Å². The molecule has 202 valence electrons. The Morgan fingerprint density at radius 1 is 0.711 bits per heavy atom. The fourth-order valence-electron chi connectivity index (χ4n) is 5.88. The SMILES string of the molecule is CC=CC1CCC(c2ccc(-c3ccc(-c4ccc(CCCCCCCC)c(F)c4F)cc3)cc2F)CC1. The Morgan fingerprint density at radius 2 is 1.37 bits per heavy atom. The third-order valence-electron chi connectivity index (χ3n) is 8.17. The van der Waals surface area contributed by atoms with E-state index in [4.69, 9.17) is 0 Å². The number of hydrogen-bond donors (Lipinski definition) is 0. The molecule has 1 fully saturated rings. The highest BCUT2D eigenvalue weighted by Gasteiger charge is 2.23. The fourth-order valence-corrected chi connectivity index (χ4v) is 5.88. The molecule has 4 rings (SSSR count). The lowest BCUT2D eigenvalue weighted by molar-refractivity contribution is 0.368. The highest BCUT2D eigenvalue weighted by Crippen LogP contribution is 2.38. The zero-order valence-corrected chi connectivity index (χ0v) is 22.9. The zero-order chi connectivity index (χ0) is 26.9. The van der Waals surface area contributed by atoms with Crippen molar-refractivity contribution >= 4 is 0 Å². The van der Waals surface area contributed by atoms with Gasteiger partial charge in [0.1, 0.15) is 5.82 Å². The minimum atomic E-state index is -0.791. The summed E-state index contributed by atoms with van der Waals surface area (Å²) in [5, 5.41) is 0. The summed E-state index contributed by atoms with van der Waals surface area (Å²) >= 11 is 0. The Kier molecular flexibility index (Phi) is 10.3. The number of unbranched alkanes of at least 4 members (excludes halogenated alkanes) is 5. The van der Waals surface area contributed by atoms with Crippen LogP contribution in [0.15, 0.2) is 66.7 Å². The molecule has 0 aromatic heterocycles. The summed E-state index contributed by atoms with van der Waals surface area (Å²) in [4.78, 5) is 0. The number of aryl methyl sites for hydroxylation is 1. The summed E-state index contributed by atoms with van der Waals surface area (Å²) in [6, 6.07) is 16.2. The Hall–Kier alpha value is -2.81. The molecule has 0 N–H and O–H groups in total. The van der Waals surface area contributed by atoms with Gasteiger partial charge in [-0.25, -0.2) is 13.2 Å². The molecule has 1 saturated carbocycles. The summed E-state index contributed by atoms with van der Waals surface area (Å²) in [6.45, 7) is 4.24. The second-order valence-electron chi connectivity index (χ2n) is 10.9. The topological polar surface area (TPSA) is 0 Å². The molecule has 0 unspecified atom stereocenters. The molecule has 0 aliphatic heterocycles. The first-order valence-corrected chi connectivity index (χ1v) is 14.5. The number of hydrogen-bond acceptors (Lipinski definition) is 0. The van der Waals surface area contributed by atoms with Gasteiger partial charge in [0, 0.05) is 5.56 Å². The van der Waals surface area contributed by atoms with Gasteiger partial charge < -0.3 is 0 Å². The van der Waals surface area contributed by atoms with Crippen LogP contribution < -0.4 is 0 Å².